The van der Waals surface area contributed by atoms with Gasteiger partial charge < -0.3 is 20.7 Å². The molecule has 5 rings (SSSR count). The smallest absolute Gasteiger partial charge is 0.313 e. The van der Waals surface area contributed by atoms with Crippen LogP contribution in [0.4, 0.5) is 11.5 Å². The minimum absolute atomic E-state index is 0.0468. The lowest BCUT2D eigenvalue weighted by Gasteiger charge is -2.38. The molecule has 2 unspecified atom stereocenters. The van der Waals surface area contributed by atoms with Crippen molar-refractivity contribution in [3.63, 3.8) is 0 Å². The SMILES string of the molecule is CCc1cc(NC(=O)C(=O)N2CC(C)CCC2c2ccc3c(c2)COC32CC2)cnc1N. The van der Waals surface area contributed by atoms with Gasteiger partial charge >= 0.3 is 11.8 Å². The third-order valence-electron chi connectivity index (χ3n) is 7.13. The summed E-state index contributed by atoms with van der Waals surface area (Å²) in [5, 5.41) is 2.72. The van der Waals surface area contributed by atoms with Crippen molar-refractivity contribution >= 4 is 23.3 Å². The van der Waals surface area contributed by atoms with Crippen LogP contribution >= 0.6 is 0 Å². The number of nitrogens with two attached hydrogens (primary N) is 1. The molecule has 1 saturated heterocycles. The van der Waals surface area contributed by atoms with E-state index < -0.39 is 11.8 Å². The highest BCUT2D eigenvalue weighted by molar-refractivity contribution is 6.39. The first kappa shape index (κ1) is 20.9. The molecule has 1 saturated carbocycles. The molecule has 0 radical (unpaired) electrons. The van der Waals surface area contributed by atoms with Gasteiger partial charge in [0.2, 0.25) is 0 Å². The summed E-state index contributed by atoms with van der Waals surface area (Å²) in [6.45, 7) is 5.29. The number of likely N-dealkylation sites (tertiary alicyclic amines) is 1. The van der Waals surface area contributed by atoms with Gasteiger partial charge in [0.15, 0.2) is 0 Å². The Balaban J connectivity index is 1.36. The van der Waals surface area contributed by atoms with E-state index in [4.69, 9.17) is 10.5 Å². The van der Waals surface area contributed by atoms with Crippen molar-refractivity contribution < 1.29 is 14.3 Å². The summed E-state index contributed by atoms with van der Waals surface area (Å²) in [6, 6.07) is 8.12. The molecular formula is C25H30N4O3. The van der Waals surface area contributed by atoms with Crippen LogP contribution in [-0.2, 0) is 33.0 Å². The summed E-state index contributed by atoms with van der Waals surface area (Å²) in [5.41, 5.74) is 10.7. The average molecular weight is 435 g/mol. The first-order valence-corrected chi connectivity index (χ1v) is 11.5. The van der Waals surface area contributed by atoms with Crippen LogP contribution in [0.25, 0.3) is 0 Å². The summed E-state index contributed by atoms with van der Waals surface area (Å²) in [5.74, 6) is -0.360. The van der Waals surface area contributed by atoms with Crippen molar-refractivity contribution in [3.8, 4) is 0 Å². The van der Waals surface area contributed by atoms with E-state index in [1.807, 2.05) is 6.92 Å². The number of rotatable bonds is 3. The van der Waals surface area contributed by atoms with Crippen molar-refractivity contribution in [2.45, 2.75) is 64.2 Å². The van der Waals surface area contributed by atoms with Crippen LogP contribution < -0.4 is 11.1 Å². The van der Waals surface area contributed by atoms with Gasteiger partial charge in [-0.15, -0.1) is 0 Å². The minimum atomic E-state index is -0.640. The Bertz CT molecular complexity index is 1080. The zero-order valence-electron chi connectivity index (χ0n) is 18.7. The maximum Gasteiger partial charge on any atom is 0.313 e. The number of carbonyl (C=O) groups excluding carboxylic acids is 2. The normalized spacial score (nSPS) is 23.1. The number of ether oxygens (including phenoxy) is 1. The molecule has 7 nitrogen and oxygen atoms in total. The molecular weight excluding hydrogens is 404 g/mol. The third-order valence-corrected chi connectivity index (χ3v) is 7.13. The van der Waals surface area contributed by atoms with Gasteiger partial charge in [-0.2, -0.15) is 0 Å². The Morgan fingerprint density at radius 1 is 1.28 bits per heavy atom. The van der Waals surface area contributed by atoms with Crippen LogP contribution in [0.5, 0.6) is 0 Å². The van der Waals surface area contributed by atoms with Crippen molar-refractivity contribution in [1.82, 2.24) is 9.88 Å². The minimum Gasteiger partial charge on any atom is -0.383 e. The summed E-state index contributed by atoms with van der Waals surface area (Å²) < 4.78 is 6.03. The summed E-state index contributed by atoms with van der Waals surface area (Å²) in [7, 11) is 0. The number of nitrogens with zero attached hydrogens (tertiary/aromatic N) is 2. The van der Waals surface area contributed by atoms with Crippen LogP contribution in [0.3, 0.4) is 0 Å². The predicted octanol–water partition coefficient (Wildman–Crippen LogP) is 3.68. The molecule has 2 amide bonds. The van der Waals surface area contributed by atoms with Gasteiger partial charge in [-0.25, -0.2) is 4.98 Å². The van der Waals surface area contributed by atoms with Crippen molar-refractivity contribution in [2.75, 3.05) is 17.6 Å². The molecule has 1 spiro atoms. The van der Waals surface area contributed by atoms with Crippen molar-refractivity contribution in [1.29, 1.82) is 0 Å². The first-order valence-electron chi connectivity index (χ1n) is 11.5. The first-order chi connectivity index (χ1) is 15.4. The average Bonchev–Trinajstić information content (AvgIpc) is 3.50. The molecule has 1 aliphatic carbocycles. The molecule has 1 aromatic heterocycles. The summed E-state index contributed by atoms with van der Waals surface area (Å²) in [6.07, 6.45) is 6.23. The van der Waals surface area contributed by atoms with Crippen LogP contribution in [0.2, 0.25) is 0 Å². The number of benzene rings is 1. The largest absolute Gasteiger partial charge is 0.383 e. The van der Waals surface area contributed by atoms with Crippen LogP contribution in [-0.4, -0.2) is 28.2 Å². The Morgan fingerprint density at radius 2 is 2.09 bits per heavy atom. The van der Waals surface area contributed by atoms with E-state index in [2.05, 4.69) is 35.4 Å². The Kier molecular flexibility index (Phi) is 5.16. The zero-order valence-corrected chi connectivity index (χ0v) is 18.7. The summed E-state index contributed by atoms with van der Waals surface area (Å²) in [4.78, 5) is 32.0. The number of piperidine rings is 1. The number of fused-ring (bicyclic) bond motifs is 2. The van der Waals surface area contributed by atoms with E-state index >= 15 is 0 Å². The molecule has 1 aromatic carbocycles. The molecule has 2 atom stereocenters. The number of nitrogen functional groups attached to an aromatic ring is 1. The highest BCUT2D eigenvalue weighted by Gasteiger charge is 2.50. The molecule has 3 N–H and O–H groups in total. The standard InChI is InChI=1S/C25H30N4O3/c1-3-16-11-19(12-27-22(16)26)28-23(30)24(31)29-13-15(2)4-7-21(29)17-5-6-20-18(10-17)14-32-25(20)8-9-25/h5-6,10-12,15,21H,3-4,7-9,13-14H2,1-2H3,(H2,26,27)(H,28,30). The monoisotopic (exact) mass is 434 g/mol. The zero-order chi connectivity index (χ0) is 22.5. The Morgan fingerprint density at radius 3 is 2.84 bits per heavy atom. The molecule has 2 aliphatic heterocycles. The maximum atomic E-state index is 13.2. The molecule has 32 heavy (non-hydrogen) atoms. The lowest BCUT2D eigenvalue weighted by molar-refractivity contribution is -0.146. The highest BCUT2D eigenvalue weighted by Crippen LogP contribution is 2.55. The Labute approximate surface area is 188 Å². The van der Waals surface area contributed by atoms with Crippen molar-refractivity contribution in [3.05, 3.63) is 52.7 Å². The molecule has 0 bridgehead atoms. The molecule has 2 fully saturated rings. The van der Waals surface area contributed by atoms with Crippen LogP contribution in [0, 0.1) is 5.92 Å². The topological polar surface area (TPSA) is 97.5 Å². The number of nitrogens with one attached hydrogen (secondary N) is 1. The third kappa shape index (κ3) is 3.64. The van der Waals surface area contributed by atoms with Gasteiger partial charge in [0.1, 0.15) is 5.82 Å². The maximum absolute atomic E-state index is 13.2. The van der Waals surface area contributed by atoms with E-state index in [1.165, 1.54) is 17.3 Å². The number of aromatic nitrogens is 1. The second-order valence-corrected chi connectivity index (χ2v) is 9.43. The van der Waals surface area contributed by atoms with Gasteiger partial charge in [-0.05, 0) is 66.3 Å². The molecule has 168 valence electrons. The van der Waals surface area contributed by atoms with E-state index in [0.717, 1.165) is 36.8 Å². The number of hydrogen-bond donors (Lipinski definition) is 2. The van der Waals surface area contributed by atoms with Gasteiger partial charge in [-0.1, -0.05) is 32.0 Å². The molecule has 2 aromatic rings. The number of aryl methyl sites for hydroxylation is 1. The van der Waals surface area contributed by atoms with E-state index in [-0.39, 0.29) is 11.6 Å². The Hall–Kier alpha value is -2.93. The fourth-order valence-electron chi connectivity index (χ4n) is 5.12. The van der Waals surface area contributed by atoms with Gasteiger partial charge in [-0.3, -0.25) is 9.59 Å². The quantitative estimate of drug-likeness (QED) is 0.718. The molecule has 3 heterocycles. The number of anilines is 2. The van der Waals surface area contributed by atoms with Crippen LogP contribution in [0.15, 0.2) is 30.5 Å². The van der Waals surface area contributed by atoms with Crippen LogP contribution in [0.1, 0.15) is 67.8 Å². The second kappa shape index (κ2) is 7.89. The molecule has 3 aliphatic rings. The lowest BCUT2D eigenvalue weighted by atomic mass is 9.88. The van der Waals surface area contributed by atoms with Crippen molar-refractivity contribution in [2.24, 2.45) is 5.92 Å². The number of carbonyl (C=O) groups is 2. The lowest BCUT2D eigenvalue weighted by Crippen LogP contribution is -2.46. The van der Waals surface area contributed by atoms with E-state index in [0.29, 0.717) is 37.0 Å². The second-order valence-electron chi connectivity index (χ2n) is 9.43. The number of pyridine rings is 1. The van der Waals surface area contributed by atoms with Gasteiger partial charge in [0.25, 0.3) is 0 Å². The highest BCUT2D eigenvalue weighted by atomic mass is 16.5. The number of amides is 2. The fraction of sp³-hybridized carbons (Fsp3) is 0.480. The van der Waals surface area contributed by atoms with Gasteiger partial charge in [0.05, 0.1) is 30.1 Å². The predicted molar refractivity (Wildman–Crippen MR) is 122 cm³/mol. The molecule has 7 heteroatoms. The number of hydrogen-bond acceptors (Lipinski definition) is 5. The van der Waals surface area contributed by atoms with E-state index in [9.17, 15) is 9.59 Å². The van der Waals surface area contributed by atoms with Gasteiger partial charge in [0, 0.05) is 6.54 Å². The van der Waals surface area contributed by atoms with E-state index in [1.54, 1.807) is 11.0 Å². The summed E-state index contributed by atoms with van der Waals surface area (Å²) >= 11 is 0. The fourth-order valence-corrected chi connectivity index (χ4v) is 5.12.